The van der Waals surface area contributed by atoms with Crippen molar-refractivity contribution < 1.29 is 4.74 Å². The first-order chi connectivity index (χ1) is 9.33. The molecule has 1 aliphatic carbocycles. The number of aryl methyl sites for hydroxylation is 1. The van der Waals surface area contributed by atoms with Crippen LogP contribution < -0.4 is 10.1 Å². The molecule has 0 amide bonds. The lowest BCUT2D eigenvalue weighted by Crippen LogP contribution is -2.31. The van der Waals surface area contributed by atoms with Gasteiger partial charge in [0.05, 0.1) is 7.11 Å². The second kappa shape index (κ2) is 7.54. The molecule has 1 aromatic rings. The van der Waals surface area contributed by atoms with Gasteiger partial charge in [0.1, 0.15) is 5.75 Å². The molecule has 0 spiro atoms. The number of hydrogen-bond acceptors (Lipinski definition) is 2. The van der Waals surface area contributed by atoms with Gasteiger partial charge in [-0.05, 0) is 68.7 Å². The fourth-order valence-electron chi connectivity index (χ4n) is 2.69. The molecule has 19 heavy (non-hydrogen) atoms. The molecule has 1 saturated carbocycles. The van der Waals surface area contributed by atoms with E-state index in [4.69, 9.17) is 4.74 Å². The highest BCUT2D eigenvalue weighted by molar-refractivity contribution is 5.28. The first kappa shape index (κ1) is 14.4. The van der Waals surface area contributed by atoms with Gasteiger partial charge in [0.2, 0.25) is 0 Å². The lowest BCUT2D eigenvalue weighted by molar-refractivity contribution is 0.413. The van der Waals surface area contributed by atoms with Crippen molar-refractivity contribution in [1.29, 1.82) is 0 Å². The molecule has 0 saturated heterocycles. The van der Waals surface area contributed by atoms with Crippen LogP contribution in [0.1, 0.15) is 44.6 Å². The van der Waals surface area contributed by atoms with E-state index in [9.17, 15) is 0 Å². The van der Waals surface area contributed by atoms with Gasteiger partial charge >= 0.3 is 0 Å². The summed E-state index contributed by atoms with van der Waals surface area (Å²) in [5, 5.41) is 3.72. The third-order valence-electron chi connectivity index (χ3n) is 3.96. The summed E-state index contributed by atoms with van der Waals surface area (Å²) in [7, 11) is 1.73. The Hall–Kier alpha value is -1.02. The van der Waals surface area contributed by atoms with Gasteiger partial charge in [0.15, 0.2) is 0 Å². The van der Waals surface area contributed by atoms with Crippen LogP contribution in [-0.2, 0) is 6.42 Å². The van der Waals surface area contributed by atoms with Crippen LogP contribution in [0.5, 0.6) is 5.75 Å². The maximum Gasteiger partial charge on any atom is 0.119 e. The predicted molar refractivity (Wildman–Crippen MR) is 80.7 cm³/mol. The molecule has 1 atom stereocenters. The molecular formula is C17H27NO. The molecule has 1 unspecified atom stereocenters. The number of benzene rings is 1. The van der Waals surface area contributed by atoms with E-state index in [0.717, 1.165) is 24.1 Å². The molecule has 0 radical (unpaired) electrons. The van der Waals surface area contributed by atoms with Crippen molar-refractivity contribution in [2.75, 3.05) is 13.7 Å². The zero-order valence-corrected chi connectivity index (χ0v) is 12.3. The molecule has 106 valence electrons. The van der Waals surface area contributed by atoms with E-state index >= 15 is 0 Å². The number of nitrogens with one attached hydrogen (secondary N) is 1. The van der Waals surface area contributed by atoms with Crippen LogP contribution in [0.4, 0.5) is 0 Å². The van der Waals surface area contributed by atoms with Gasteiger partial charge in [-0.2, -0.15) is 0 Å². The maximum absolute atomic E-state index is 5.27. The molecule has 0 heterocycles. The van der Waals surface area contributed by atoms with Gasteiger partial charge in [-0.3, -0.25) is 0 Å². The Kier molecular flexibility index (Phi) is 5.71. The molecule has 2 rings (SSSR count). The highest BCUT2D eigenvalue weighted by Crippen LogP contribution is 2.34. The molecule has 2 heteroatoms. The van der Waals surface area contributed by atoms with Crippen molar-refractivity contribution in [2.24, 2.45) is 5.92 Å². The predicted octanol–water partition coefficient (Wildman–Crippen LogP) is 3.80. The van der Waals surface area contributed by atoms with Crippen LogP contribution in [-0.4, -0.2) is 19.7 Å². The molecule has 1 aromatic carbocycles. The minimum atomic E-state index is 0.755. The first-order valence-electron chi connectivity index (χ1n) is 7.69. The molecule has 1 aliphatic rings. The highest BCUT2D eigenvalue weighted by atomic mass is 16.5. The summed E-state index contributed by atoms with van der Waals surface area (Å²) >= 11 is 0. The van der Waals surface area contributed by atoms with Gasteiger partial charge in [0.25, 0.3) is 0 Å². The Morgan fingerprint density at radius 3 is 2.89 bits per heavy atom. The minimum Gasteiger partial charge on any atom is -0.497 e. The molecule has 0 aromatic heterocycles. The quantitative estimate of drug-likeness (QED) is 0.730. The van der Waals surface area contributed by atoms with Crippen LogP contribution in [0.3, 0.4) is 0 Å². The monoisotopic (exact) mass is 261 g/mol. The third-order valence-corrected chi connectivity index (χ3v) is 3.96. The Bertz CT molecular complexity index is 373. The zero-order valence-electron chi connectivity index (χ0n) is 12.3. The number of ether oxygens (including phenoxy) is 1. The Morgan fingerprint density at radius 1 is 1.37 bits per heavy atom. The van der Waals surface area contributed by atoms with Crippen LogP contribution >= 0.6 is 0 Å². The average Bonchev–Trinajstić information content (AvgIpc) is 3.27. The van der Waals surface area contributed by atoms with E-state index in [1.807, 2.05) is 6.07 Å². The van der Waals surface area contributed by atoms with Crippen LogP contribution in [0.15, 0.2) is 24.3 Å². The van der Waals surface area contributed by atoms with E-state index < -0.39 is 0 Å². The fourth-order valence-corrected chi connectivity index (χ4v) is 2.69. The lowest BCUT2D eigenvalue weighted by atomic mass is 10.0. The Balaban J connectivity index is 1.74. The van der Waals surface area contributed by atoms with Gasteiger partial charge in [-0.15, -0.1) is 0 Å². The second-order valence-electron chi connectivity index (χ2n) is 5.64. The van der Waals surface area contributed by atoms with Crippen molar-refractivity contribution in [3.63, 3.8) is 0 Å². The highest BCUT2D eigenvalue weighted by Gasteiger charge is 2.29. The van der Waals surface area contributed by atoms with Crippen LogP contribution in [0, 0.1) is 5.92 Å². The Morgan fingerprint density at radius 2 is 2.21 bits per heavy atom. The smallest absolute Gasteiger partial charge is 0.119 e. The van der Waals surface area contributed by atoms with Crippen molar-refractivity contribution >= 4 is 0 Å². The van der Waals surface area contributed by atoms with Gasteiger partial charge < -0.3 is 10.1 Å². The summed E-state index contributed by atoms with van der Waals surface area (Å²) < 4.78 is 5.27. The zero-order chi connectivity index (χ0) is 13.5. The molecule has 1 N–H and O–H groups in total. The van der Waals surface area contributed by atoms with E-state index in [-0.39, 0.29) is 0 Å². The summed E-state index contributed by atoms with van der Waals surface area (Å²) in [5.41, 5.74) is 1.39. The Labute approximate surface area is 117 Å². The van der Waals surface area contributed by atoms with Gasteiger partial charge in [-0.25, -0.2) is 0 Å². The summed E-state index contributed by atoms with van der Waals surface area (Å²) in [5.74, 6) is 1.93. The molecule has 1 fully saturated rings. The van der Waals surface area contributed by atoms with E-state index in [1.54, 1.807) is 7.11 Å². The fraction of sp³-hybridized carbons (Fsp3) is 0.647. The SMILES string of the molecule is CCCNC(CCCc1cccc(OC)c1)C1CC1. The maximum atomic E-state index is 5.27. The van der Waals surface area contributed by atoms with Crippen molar-refractivity contribution in [1.82, 2.24) is 5.32 Å². The number of rotatable bonds is 9. The molecular weight excluding hydrogens is 234 g/mol. The number of hydrogen-bond donors (Lipinski definition) is 1. The summed E-state index contributed by atoms with van der Waals surface area (Å²) in [6, 6.07) is 9.21. The minimum absolute atomic E-state index is 0.755. The van der Waals surface area contributed by atoms with Crippen LogP contribution in [0.25, 0.3) is 0 Å². The van der Waals surface area contributed by atoms with Gasteiger partial charge in [-0.1, -0.05) is 19.1 Å². The van der Waals surface area contributed by atoms with E-state index in [2.05, 4.69) is 30.4 Å². The first-order valence-corrected chi connectivity index (χ1v) is 7.69. The van der Waals surface area contributed by atoms with Crippen LogP contribution in [0.2, 0.25) is 0 Å². The average molecular weight is 261 g/mol. The summed E-state index contributed by atoms with van der Waals surface area (Å²) in [6.07, 6.45) is 7.83. The topological polar surface area (TPSA) is 21.3 Å². The van der Waals surface area contributed by atoms with E-state index in [0.29, 0.717) is 0 Å². The van der Waals surface area contributed by atoms with Crippen molar-refractivity contribution in [2.45, 2.75) is 51.5 Å². The summed E-state index contributed by atoms with van der Waals surface area (Å²) in [4.78, 5) is 0. The summed E-state index contributed by atoms with van der Waals surface area (Å²) in [6.45, 7) is 3.41. The van der Waals surface area contributed by atoms with E-state index in [1.165, 1.54) is 44.2 Å². The molecule has 2 nitrogen and oxygen atoms in total. The van der Waals surface area contributed by atoms with Crippen molar-refractivity contribution in [3.05, 3.63) is 29.8 Å². The molecule has 0 aliphatic heterocycles. The lowest BCUT2D eigenvalue weighted by Gasteiger charge is -2.17. The standard InChI is InChI=1S/C17H27NO/c1-3-12-18-17(15-10-11-15)9-5-7-14-6-4-8-16(13-14)19-2/h4,6,8,13,15,17-18H,3,5,7,9-12H2,1-2H3. The van der Waals surface area contributed by atoms with Crippen molar-refractivity contribution in [3.8, 4) is 5.75 Å². The van der Waals surface area contributed by atoms with Gasteiger partial charge in [0, 0.05) is 6.04 Å². The second-order valence-corrected chi connectivity index (χ2v) is 5.64. The number of methoxy groups -OCH3 is 1. The third kappa shape index (κ3) is 4.87. The molecule has 0 bridgehead atoms. The normalized spacial score (nSPS) is 16.3. The largest absolute Gasteiger partial charge is 0.497 e.